The van der Waals surface area contributed by atoms with Crippen LogP contribution in [0.15, 0.2) is 90.1 Å². The van der Waals surface area contributed by atoms with Gasteiger partial charge in [0.25, 0.3) is 0 Å². The zero-order valence-electron chi connectivity index (χ0n) is 27.2. The lowest BCUT2D eigenvalue weighted by Gasteiger charge is -2.35. The minimum absolute atomic E-state index is 0.00194. The molecule has 0 spiro atoms. The van der Waals surface area contributed by atoms with Crippen molar-refractivity contribution in [3.05, 3.63) is 103 Å². The van der Waals surface area contributed by atoms with E-state index >= 15 is 0 Å². The second-order valence-electron chi connectivity index (χ2n) is 13.1. The SMILES string of the molecule is O=C(C1CC(O)CN1c1ncnc2nc[nH]c12)N1CCC(c2cc(Cn3cc(Cn4c(-c5ccccc5)cc5ccccc54)nn3)on2)CC1. The van der Waals surface area contributed by atoms with Gasteiger partial charge in [0.1, 0.15) is 30.1 Å². The number of nitrogens with zero attached hydrogens (tertiary/aromatic N) is 10. The molecule has 7 heterocycles. The molecule has 2 unspecified atom stereocenters. The summed E-state index contributed by atoms with van der Waals surface area (Å²) in [4.78, 5) is 33.4. The zero-order valence-corrected chi connectivity index (χ0v) is 27.2. The van der Waals surface area contributed by atoms with E-state index in [0.29, 0.717) is 61.9 Å². The maximum absolute atomic E-state index is 13.8. The second-order valence-corrected chi connectivity index (χ2v) is 13.1. The minimum Gasteiger partial charge on any atom is -0.391 e. The lowest BCUT2D eigenvalue weighted by atomic mass is 9.93. The topological polar surface area (TPSA) is 160 Å². The molecule has 50 heavy (non-hydrogen) atoms. The highest BCUT2D eigenvalue weighted by Gasteiger charge is 2.41. The molecule has 2 N–H and O–H groups in total. The molecule has 1 amide bonds. The summed E-state index contributed by atoms with van der Waals surface area (Å²) in [6.07, 6.45) is 6.23. The Balaban J connectivity index is 0.843. The van der Waals surface area contributed by atoms with Gasteiger partial charge in [0, 0.05) is 54.6 Å². The number of hydrogen-bond donors (Lipinski definition) is 2. The highest BCUT2D eigenvalue weighted by atomic mass is 16.5. The van der Waals surface area contributed by atoms with Crippen LogP contribution in [0.4, 0.5) is 5.82 Å². The molecule has 252 valence electrons. The summed E-state index contributed by atoms with van der Waals surface area (Å²) in [5, 5.41) is 25.0. The van der Waals surface area contributed by atoms with Crippen LogP contribution in [0.1, 0.15) is 42.3 Å². The van der Waals surface area contributed by atoms with Crippen molar-refractivity contribution in [1.29, 1.82) is 0 Å². The molecule has 0 aliphatic carbocycles. The van der Waals surface area contributed by atoms with Gasteiger partial charge in [-0.3, -0.25) is 4.79 Å². The van der Waals surface area contributed by atoms with Crippen molar-refractivity contribution in [2.45, 2.75) is 50.4 Å². The van der Waals surface area contributed by atoms with Crippen LogP contribution < -0.4 is 4.90 Å². The number of piperidine rings is 1. The van der Waals surface area contributed by atoms with E-state index in [1.807, 2.05) is 28.1 Å². The molecular weight excluding hydrogens is 634 g/mol. The minimum atomic E-state index is -0.621. The van der Waals surface area contributed by atoms with Gasteiger partial charge in [0.15, 0.2) is 17.2 Å². The molecule has 5 aromatic heterocycles. The number of aromatic nitrogens is 9. The number of carbonyl (C=O) groups excluding carboxylic acids is 1. The van der Waals surface area contributed by atoms with Gasteiger partial charge in [-0.1, -0.05) is 58.9 Å². The summed E-state index contributed by atoms with van der Waals surface area (Å²) >= 11 is 0. The molecule has 0 bridgehead atoms. The Morgan fingerprint density at radius 1 is 0.980 bits per heavy atom. The normalized spacial score (nSPS) is 18.5. The van der Waals surface area contributed by atoms with Crippen LogP contribution in [0, 0.1) is 0 Å². The summed E-state index contributed by atoms with van der Waals surface area (Å²) in [5.74, 6) is 1.47. The van der Waals surface area contributed by atoms with E-state index in [-0.39, 0.29) is 11.8 Å². The van der Waals surface area contributed by atoms with Crippen molar-refractivity contribution in [1.82, 2.24) is 49.6 Å². The smallest absolute Gasteiger partial charge is 0.245 e. The fourth-order valence-corrected chi connectivity index (χ4v) is 7.49. The zero-order chi connectivity index (χ0) is 33.6. The summed E-state index contributed by atoms with van der Waals surface area (Å²) in [6, 6.07) is 22.5. The van der Waals surface area contributed by atoms with Crippen molar-refractivity contribution < 1.29 is 14.4 Å². The van der Waals surface area contributed by atoms with E-state index in [9.17, 15) is 9.90 Å². The number of anilines is 1. The van der Waals surface area contributed by atoms with E-state index in [4.69, 9.17) is 4.52 Å². The maximum atomic E-state index is 13.8. The van der Waals surface area contributed by atoms with Crippen LogP contribution in [0.25, 0.3) is 33.3 Å². The lowest BCUT2D eigenvalue weighted by molar-refractivity contribution is -0.133. The number of carbonyl (C=O) groups is 1. The van der Waals surface area contributed by atoms with E-state index < -0.39 is 12.1 Å². The van der Waals surface area contributed by atoms with Gasteiger partial charge in [-0.25, -0.2) is 19.6 Å². The number of nitrogens with one attached hydrogen (secondary N) is 1. The third-order valence-corrected chi connectivity index (χ3v) is 9.95. The summed E-state index contributed by atoms with van der Waals surface area (Å²) in [5.41, 5.74) is 6.36. The third-order valence-electron chi connectivity index (χ3n) is 9.95. The number of aliphatic hydroxyl groups is 1. The molecule has 14 nitrogen and oxygen atoms in total. The first-order chi connectivity index (χ1) is 24.6. The van der Waals surface area contributed by atoms with Gasteiger partial charge in [-0.05, 0) is 30.5 Å². The molecule has 9 rings (SSSR count). The molecular formula is C36H35N11O3. The van der Waals surface area contributed by atoms with Crippen molar-refractivity contribution in [2.24, 2.45) is 0 Å². The lowest BCUT2D eigenvalue weighted by Crippen LogP contribution is -2.48. The Labute approximate surface area is 286 Å². The molecule has 2 aliphatic heterocycles. The van der Waals surface area contributed by atoms with Gasteiger partial charge in [-0.2, -0.15) is 0 Å². The Kier molecular flexibility index (Phi) is 7.57. The summed E-state index contributed by atoms with van der Waals surface area (Å²) < 4.78 is 9.82. The van der Waals surface area contributed by atoms with Gasteiger partial charge < -0.3 is 29.0 Å². The molecule has 2 saturated heterocycles. The van der Waals surface area contributed by atoms with Crippen molar-refractivity contribution in [2.75, 3.05) is 24.5 Å². The van der Waals surface area contributed by atoms with Gasteiger partial charge in [0.2, 0.25) is 5.91 Å². The number of rotatable bonds is 8. The number of β-amino-alcohol motifs (C(OH)–C–C–N with tert-alkyl or cyclic N) is 1. The number of benzene rings is 2. The number of para-hydroxylation sites is 1. The first-order valence-corrected chi connectivity index (χ1v) is 16.9. The number of aromatic amines is 1. The molecule has 2 aromatic carbocycles. The Morgan fingerprint density at radius 3 is 2.70 bits per heavy atom. The summed E-state index contributed by atoms with van der Waals surface area (Å²) in [7, 11) is 0. The van der Waals surface area contributed by atoms with Gasteiger partial charge in [-0.15, -0.1) is 5.10 Å². The van der Waals surface area contributed by atoms with Crippen LogP contribution in [-0.2, 0) is 17.9 Å². The number of fused-ring (bicyclic) bond motifs is 2. The number of H-pyrrole nitrogens is 1. The van der Waals surface area contributed by atoms with Crippen LogP contribution in [0.5, 0.6) is 0 Å². The summed E-state index contributed by atoms with van der Waals surface area (Å²) in [6.45, 7) is 2.52. The van der Waals surface area contributed by atoms with Crippen molar-refractivity contribution >= 4 is 33.8 Å². The largest absolute Gasteiger partial charge is 0.391 e. The predicted octanol–water partition coefficient (Wildman–Crippen LogP) is 4.00. The average Bonchev–Trinajstić information content (AvgIpc) is 4.00. The third kappa shape index (κ3) is 5.56. The number of amides is 1. The number of imidazole rings is 1. The molecule has 2 aliphatic rings. The fraction of sp³-hybridized carbons (Fsp3) is 0.306. The fourth-order valence-electron chi connectivity index (χ4n) is 7.49. The molecule has 2 fully saturated rings. The second kappa shape index (κ2) is 12.5. The van der Waals surface area contributed by atoms with Crippen LogP contribution in [0.2, 0.25) is 0 Å². The Morgan fingerprint density at radius 2 is 1.82 bits per heavy atom. The van der Waals surface area contributed by atoms with Gasteiger partial charge in [0.05, 0.1) is 30.9 Å². The predicted molar refractivity (Wildman–Crippen MR) is 184 cm³/mol. The molecule has 14 heteroatoms. The Hall–Kier alpha value is -5.89. The number of likely N-dealkylation sites (tertiary alicyclic amines) is 1. The van der Waals surface area contributed by atoms with E-state index in [1.54, 1.807) is 11.0 Å². The van der Waals surface area contributed by atoms with E-state index in [1.165, 1.54) is 11.7 Å². The number of hydrogen-bond acceptors (Lipinski definition) is 10. The molecule has 7 aromatic rings. The van der Waals surface area contributed by atoms with E-state index in [0.717, 1.165) is 41.0 Å². The first kappa shape index (κ1) is 30.2. The molecule has 0 saturated carbocycles. The van der Waals surface area contributed by atoms with Crippen LogP contribution >= 0.6 is 0 Å². The van der Waals surface area contributed by atoms with Gasteiger partial charge >= 0.3 is 0 Å². The maximum Gasteiger partial charge on any atom is 0.245 e. The van der Waals surface area contributed by atoms with E-state index in [2.05, 4.69) is 94.6 Å². The van der Waals surface area contributed by atoms with Crippen molar-refractivity contribution in [3.8, 4) is 11.3 Å². The molecule has 0 radical (unpaired) electrons. The number of aliphatic hydroxyl groups excluding tert-OH is 1. The average molecular weight is 670 g/mol. The van der Waals surface area contributed by atoms with Crippen LogP contribution in [0.3, 0.4) is 0 Å². The quantitative estimate of drug-likeness (QED) is 0.242. The van der Waals surface area contributed by atoms with Crippen molar-refractivity contribution in [3.63, 3.8) is 0 Å². The highest BCUT2D eigenvalue weighted by Crippen LogP contribution is 2.33. The highest BCUT2D eigenvalue weighted by molar-refractivity contribution is 5.90. The Bertz CT molecular complexity index is 2280. The molecule has 2 atom stereocenters. The van der Waals surface area contributed by atoms with Crippen LogP contribution in [-0.4, -0.2) is 92.3 Å². The first-order valence-electron chi connectivity index (χ1n) is 16.9. The monoisotopic (exact) mass is 669 g/mol. The standard InChI is InChI=1S/C36H35N11O3/c48-27-15-32(47(19-27)35-33-34(38-21-37-33)39-22-40-35)36(49)44-12-10-23(11-13-44)29-16-28(50-42-29)20-45-17-26(41-43-45)18-46-30-9-5-4-8-25(30)14-31(46)24-6-2-1-3-7-24/h1-9,14,16-17,21-23,27,32,48H,10-13,15,18-20H2,(H,37,38,39,40).